The third kappa shape index (κ3) is 3.08. The average molecular weight is 305 g/mol. The summed E-state index contributed by atoms with van der Waals surface area (Å²) in [6, 6.07) is 5.62. The fourth-order valence-electron chi connectivity index (χ4n) is 2.06. The Morgan fingerprint density at radius 3 is 2.38 bits per heavy atom. The van der Waals surface area contributed by atoms with E-state index in [1.807, 2.05) is 13.8 Å². The molecule has 2 rings (SSSR count). The predicted octanol–water partition coefficient (Wildman–Crippen LogP) is 3.23. The van der Waals surface area contributed by atoms with Crippen molar-refractivity contribution in [3.05, 3.63) is 53.2 Å². The van der Waals surface area contributed by atoms with Crippen LogP contribution >= 0.6 is 11.8 Å². The summed E-state index contributed by atoms with van der Waals surface area (Å²) >= 11 is 1.35. The lowest BCUT2D eigenvalue weighted by Gasteiger charge is -2.12. The average Bonchev–Trinajstić information content (AvgIpc) is 2.65. The number of amides is 2. The molecule has 1 aromatic rings. The predicted molar refractivity (Wildman–Crippen MR) is 83.0 cm³/mol. The van der Waals surface area contributed by atoms with Gasteiger partial charge in [-0.1, -0.05) is 32.1 Å². The van der Waals surface area contributed by atoms with Gasteiger partial charge in [0.15, 0.2) is 0 Å². The van der Waals surface area contributed by atoms with Crippen molar-refractivity contribution in [2.75, 3.05) is 6.54 Å². The molecule has 21 heavy (non-hydrogen) atoms. The van der Waals surface area contributed by atoms with Crippen molar-refractivity contribution in [3.63, 3.8) is 0 Å². The smallest absolute Gasteiger partial charge is 0.268 e. The van der Waals surface area contributed by atoms with E-state index in [4.69, 9.17) is 0 Å². The molecule has 0 N–H and O–H groups in total. The third-order valence-corrected chi connectivity index (χ3v) is 4.01. The third-order valence-electron chi connectivity index (χ3n) is 2.92. The molecule has 1 aliphatic rings. The van der Waals surface area contributed by atoms with Gasteiger partial charge in [0.05, 0.1) is 10.5 Å². The van der Waals surface area contributed by atoms with E-state index in [2.05, 4.69) is 6.58 Å². The number of benzene rings is 1. The van der Waals surface area contributed by atoms with Crippen molar-refractivity contribution < 1.29 is 14.0 Å². The minimum atomic E-state index is -0.378. The fraction of sp³-hybridized carbons (Fsp3) is 0.250. The molecule has 0 aliphatic carbocycles. The van der Waals surface area contributed by atoms with Crippen LogP contribution in [0, 0.1) is 5.82 Å². The van der Waals surface area contributed by atoms with Gasteiger partial charge in [-0.05, 0) is 17.7 Å². The second-order valence-corrected chi connectivity index (χ2v) is 6.47. The van der Waals surface area contributed by atoms with Gasteiger partial charge in [0.25, 0.3) is 11.8 Å². The summed E-state index contributed by atoms with van der Waals surface area (Å²) < 4.78 is 13.1. The highest BCUT2D eigenvalue weighted by molar-refractivity contribution is 8.04. The van der Waals surface area contributed by atoms with Gasteiger partial charge in [-0.3, -0.25) is 14.5 Å². The van der Waals surface area contributed by atoms with E-state index in [0.717, 1.165) is 4.90 Å². The summed E-state index contributed by atoms with van der Waals surface area (Å²) in [5, 5.41) is 0.163. The van der Waals surface area contributed by atoms with Crippen LogP contribution in [0.15, 0.2) is 41.8 Å². The molecule has 0 fully saturated rings. The van der Waals surface area contributed by atoms with E-state index in [0.29, 0.717) is 16.0 Å². The number of imide groups is 1. The highest BCUT2D eigenvalue weighted by Crippen LogP contribution is 2.37. The van der Waals surface area contributed by atoms with Gasteiger partial charge in [-0.25, -0.2) is 4.39 Å². The summed E-state index contributed by atoms with van der Waals surface area (Å²) in [7, 11) is 0. The molecule has 0 atom stereocenters. The number of carbonyl (C=O) groups excluding carboxylic acids is 2. The molecule has 0 aromatic heterocycles. The first-order chi connectivity index (χ1) is 9.95. The molecule has 0 radical (unpaired) electrons. The number of carbonyl (C=O) groups is 2. The first-order valence-corrected chi connectivity index (χ1v) is 7.47. The minimum absolute atomic E-state index is 0.163. The van der Waals surface area contributed by atoms with Crippen molar-refractivity contribution in [2.24, 2.45) is 0 Å². The molecule has 5 heteroatoms. The van der Waals surface area contributed by atoms with E-state index in [1.54, 1.807) is 0 Å². The maximum atomic E-state index is 13.1. The zero-order chi connectivity index (χ0) is 15.6. The van der Waals surface area contributed by atoms with Crippen LogP contribution in [0.2, 0.25) is 0 Å². The summed E-state index contributed by atoms with van der Waals surface area (Å²) in [6.45, 7) is 7.64. The van der Waals surface area contributed by atoms with Crippen molar-refractivity contribution in [3.8, 4) is 0 Å². The van der Waals surface area contributed by atoms with Crippen LogP contribution in [0.4, 0.5) is 4.39 Å². The molecular formula is C16H16FNO2S. The Bertz CT molecular complexity index is 620. The Labute approximate surface area is 127 Å². The van der Waals surface area contributed by atoms with Gasteiger partial charge in [0.2, 0.25) is 0 Å². The molecule has 0 saturated heterocycles. The number of halogens is 1. The second kappa shape index (κ2) is 6.26. The second-order valence-electron chi connectivity index (χ2n) is 4.89. The first kappa shape index (κ1) is 15.5. The molecular weight excluding hydrogens is 289 g/mol. The Morgan fingerprint density at radius 2 is 1.86 bits per heavy atom. The van der Waals surface area contributed by atoms with Crippen LogP contribution in [0.1, 0.15) is 19.4 Å². The maximum absolute atomic E-state index is 13.1. The molecule has 1 aliphatic heterocycles. The molecule has 0 saturated carbocycles. The normalized spacial score (nSPS) is 15.3. The van der Waals surface area contributed by atoms with Gasteiger partial charge < -0.3 is 0 Å². The summed E-state index contributed by atoms with van der Waals surface area (Å²) in [5.41, 5.74) is 0.907. The summed E-state index contributed by atoms with van der Waals surface area (Å²) in [6.07, 6.45) is 1.51. The van der Waals surface area contributed by atoms with Crippen LogP contribution < -0.4 is 0 Å². The highest BCUT2D eigenvalue weighted by Gasteiger charge is 2.38. The van der Waals surface area contributed by atoms with Gasteiger partial charge in [0.1, 0.15) is 5.82 Å². The number of hydrogen-bond acceptors (Lipinski definition) is 3. The van der Waals surface area contributed by atoms with Crippen LogP contribution in [0.5, 0.6) is 0 Å². The number of rotatable bonds is 5. The SMILES string of the molecule is C=CCN1C(=O)C(SC(C)C)=C(c2ccc(F)cc2)C1=O. The first-order valence-electron chi connectivity index (χ1n) is 6.59. The van der Waals surface area contributed by atoms with Gasteiger partial charge in [-0.15, -0.1) is 18.3 Å². The molecule has 0 spiro atoms. The van der Waals surface area contributed by atoms with E-state index < -0.39 is 0 Å². The zero-order valence-electron chi connectivity index (χ0n) is 11.9. The minimum Gasteiger partial charge on any atom is -0.270 e. The van der Waals surface area contributed by atoms with Gasteiger partial charge >= 0.3 is 0 Å². The van der Waals surface area contributed by atoms with Crippen molar-refractivity contribution in [1.29, 1.82) is 0 Å². The van der Waals surface area contributed by atoms with Gasteiger partial charge in [-0.2, -0.15) is 0 Å². The lowest BCUT2D eigenvalue weighted by molar-refractivity contribution is -0.135. The topological polar surface area (TPSA) is 37.4 Å². The van der Waals surface area contributed by atoms with Crippen LogP contribution in [0.25, 0.3) is 5.57 Å². The number of thioether (sulfide) groups is 1. The quantitative estimate of drug-likeness (QED) is 0.619. The van der Waals surface area contributed by atoms with Crippen LogP contribution in [-0.4, -0.2) is 28.5 Å². The summed E-state index contributed by atoms with van der Waals surface area (Å²) in [5.74, 6) is -1.04. The van der Waals surface area contributed by atoms with Crippen molar-refractivity contribution in [2.45, 2.75) is 19.1 Å². The molecule has 1 heterocycles. The standard InChI is InChI=1S/C16H16FNO2S/c1-4-9-18-15(19)13(11-5-7-12(17)8-6-11)14(16(18)20)21-10(2)3/h4-8,10H,1,9H2,2-3H3. The molecule has 2 amide bonds. The van der Waals surface area contributed by atoms with E-state index in [-0.39, 0.29) is 29.4 Å². The zero-order valence-corrected chi connectivity index (χ0v) is 12.7. The molecule has 3 nitrogen and oxygen atoms in total. The molecule has 110 valence electrons. The maximum Gasteiger partial charge on any atom is 0.268 e. The van der Waals surface area contributed by atoms with Crippen LogP contribution in [-0.2, 0) is 9.59 Å². The monoisotopic (exact) mass is 305 g/mol. The Hall–Kier alpha value is -1.88. The van der Waals surface area contributed by atoms with E-state index in [9.17, 15) is 14.0 Å². The largest absolute Gasteiger partial charge is 0.270 e. The Balaban J connectivity index is 2.51. The van der Waals surface area contributed by atoms with Gasteiger partial charge in [0, 0.05) is 11.8 Å². The van der Waals surface area contributed by atoms with E-state index >= 15 is 0 Å². The number of hydrogen-bond donors (Lipinski definition) is 0. The highest BCUT2D eigenvalue weighted by atomic mass is 32.2. The molecule has 0 unspecified atom stereocenters. The van der Waals surface area contributed by atoms with Crippen LogP contribution in [0.3, 0.4) is 0 Å². The lowest BCUT2D eigenvalue weighted by Crippen LogP contribution is -2.31. The molecule has 0 bridgehead atoms. The Morgan fingerprint density at radius 1 is 1.24 bits per heavy atom. The molecule has 1 aromatic carbocycles. The summed E-state index contributed by atoms with van der Waals surface area (Å²) in [4.78, 5) is 26.5. The fourth-order valence-corrected chi connectivity index (χ4v) is 3.07. The lowest BCUT2D eigenvalue weighted by atomic mass is 10.1. The van der Waals surface area contributed by atoms with Crippen molar-refractivity contribution >= 4 is 29.1 Å². The van der Waals surface area contributed by atoms with E-state index in [1.165, 1.54) is 42.1 Å². The Kier molecular flexibility index (Phi) is 4.63. The van der Waals surface area contributed by atoms with Crippen molar-refractivity contribution in [1.82, 2.24) is 4.90 Å². The number of nitrogens with zero attached hydrogens (tertiary/aromatic N) is 1.